The molecule has 0 spiro atoms. The Morgan fingerprint density at radius 1 is 1.05 bits per heavy atom. The highest BCUT2D eigenvalue weighted by Crippen LogP contribution is 2.30. The van der Waals surface area contributed by atoms with Gasteiger partial charge >= 0.3 is 0 Å². The molecule has 0 unspecified atom stereocenters. The van der Waals surface area contributed by atoms with Gasteiger partial charge in [-0.1, -0.05) is 18.2 Å². The van der Waals surface area contributed by atoms with Gasteiger partial charge in [0.1, 0.15) is 0 Å². The van der Waals surface area contributed by atoms with Gasteiger partial charge in [-0.15, -0.1) is 0 Å². The van der Waals surface area contributed by atoms with Crippen LogP contribution in [0.3, 0.4) is 0 Å². The topological polar surface area (TPSA) is 29.3 Å². The summed E-state index contributed by atoms with van der Waals surface area (Å²) >= 11 is 0. The minimum absolute atomic E-state index is 0.465. The van der Waals surface area contributed by atoms with E-state index in [-0.39, 0.29) is 0 Å². The van der Waals surface area contributed by atoms with Gasteiger partial charge < -0.3 is 10.6 Å². The maximum atomic E-state index is 6.02. The largest absolute Gasteiger partial charge is 0.371 e. The fraction of sp³-hybridized carbons (Fsp3) is 0.647. The lowest BCUT2D eigenvalue weighted by Crippen LogP contribution is -2.35. The molecule has 1 aromatic rings. The summed E-state index contributed by atoms with van der Waals surface area (Å²) in [7, 11) is 0. The zero-order valence-corrected chi connectivity index (χ0v) is 11.9. The molecule has 0 bridgehead atoms. The van der Waals surface area contributed by atoms with Crippen LogP contribution in [0.1, 0.15) is 44.1 Å². The number of para-hydroxylation sites is 1. The second-order valence-electron chi connectivity index (χ2n) is 6.31. The molecule has 1 saturated carbocycles. The van der Waals surface area contributed by atoms with Crippen molar-refractivity contribution in [3.8, 4) is 0 Å². The number of benzene rings is 1. The molecule has 2 nitrogen and oxygen atoms in total. The molecule has 104 valence electrons. The number of hydrogen-bond acceptors (Lipinski definition) is 2. The summed E-state index contributed by atoms with van der Waals surface area (Å²) in [6.45, 7) is 2.48. The average molecular weight is 258 g/mol. The number of aryl methyl sites for hydroxylation is 1. The number of fused-ring (bicyclic) bond motifs is 1. The first-order valence-electron chi connectivity index (χ1n) is 7.91. The van der Waals surface area contributed by atoms with Gasteiger partial charge in [-0.05, 0) is 62.5 Å². The van der Waals surface area contributed by atoms with Crippen LogP contribution in [0.25, 0.3) is 0 Å². The zero-order chi connectivity index (χ0) is 13.1. The van der Waals surface area contributed by atoms with Crippen LogP contribution in [-0.4, -0.2) is 19.1 Å². The van der Waals surface area contributed by atoms with Crippen LogP contribution in [0.4, 0.5) is 5.69 Å². The standard InChI is InChI=1S/C17H26N2/c18-16-10-8-14(9-11-16)13-19-12-4-3-6-15-5-1-2-7-17(15)19/h1-2,5,7,14,16H,3-4,6,8-13,18H2. The monoisotopic (exact) mass is 258 g/mol. The second-order valence-corrected chi connectivity index (χ2v) is 6.31. The first-order valence-corrected chi connectivity index (χ1v) is 7.91. The molecule has 0 atom stereocenters. The quantitative estimate of drug-likeness (QED) is 0.881. The van der Waals surface area contributed by atoms with Gasteiger partial charge in [0.25, 0.3) is 0 Å². The molecule has 0 aromatic heterocycles. The fourth-order valence-corrected chi connectivity index (χ4v) is 3.64. The van der Waals surface area contributed by atoms with E-state index < -0.39 is 0 Å². The summed E-state index contributed by atoms with van der Waals surface area (Å²) in [5.41, 5.74) is 9.06. The third kappa shape index (κ3) is 3.11. The normalized spacial score (nSPS) is 27.7. The zero-order valence-electron chi connectivity index (χ0n) is 11.9. The lowest BCUT2D eigenvalue weighted by atomic mass is 9.86. The van der Waals surface area contributed by atoms with Crippen LogP contribution in [0.5, 0.6) is 0 Å². The number of rotatable bonds is 2. The fourth-order valence-electron chi connectivity index (χ4n) is 3.64. The molecule has 2 N–H and O–H groups in total. The minimum Gasteiger partial charge on any atom is -0.371 e. The smallest absolute Gasteiger partial charge is 0.0398 e. The molecule has 19 heavy (non-hydrogen) atoms. The predicted octanol–water partition coefficient (Wildman–Crippen LogP) is 3.35. The van der Waals surface area contributed by atoms with Crippen molar-refractivity contribution < 1.29 is 0 Å². The molecule has 1 heterocycles. The Kier molecular flexibility index (Phi) is 4.07. The van der Waals surface area contributed by atoms with Crippen molar-refractivity contribution in [2.24, 2.45) is 11.7 Å². The van der Waals surface area contributed by atoms with Crippen LogP contribution < -0.4 is 10.6 Å². The van der Waals surface area contributed by atoms with E-state index >= 15 is 0 Å². The maximum Gasteiger partial charge on any atom is 0.0398 e. The van der Waals surface area contributed by atoms with Crippen molar-refractivity contribution in [1.82, 2.24) is 0 Å². The van der Waals surface area contributed by atoms with E-state index in [1.807, 2.05) is 0 Å². The van der Waals surface area contributed by atoms with E-state index in [1.54, 1.807) is 5.56 Å². The van der Waals surface area contributed by atoms with Gasteiger partial charge in [0, 0.05) is 24.8 Å². The molecule has 2 heteroatoms. The third-order valence-corrected chi connectivity index (χ3v) is 4.83. The SMILES string of the molecule is NC1CCC(CN2CCCCc3ccccc32)CC1. The lowest BCUT2D eigenvalue weighted by Gasteiger charge is -2.33. The Balaban J connectivity index is 1.70. The molecule has 1 aromatic carbocycles. The molecular weight excluding hydrogens is 232 g/mol. The number of nitrogens with two attached hydrogens (primary N) is 1. The van der Waals surface area contributed by atoms with E-state index in [9.17, 15) is 0 Å². The molecule has 1 aliphatic heterocycles. The molecule has 0 radical (unpaired) electrons. The van der Waals surface area contributed by atoms with E-state index in [4.69, 9.17) is 5.73 Å². The van der Waals surface area contributed by atoms with Crippen molar-refractivity contribution in [2.45, 2.75) is 51.0 Å². The van der Waals surface area contributed by atoms with Crippen molar-refractivity contribution >= 4 is 5.69 Å². The van der Waals surface area contributed by atoms with Crippen LogP contribution in [0, 0.1) is 5.92 Å². The molecule has 1 fully saturated rings. The van der Waals surface area contributed by atoms with Crippen LogP contribution in [0.15, 0.2) is 24.3 Å². The van der Waals surface area contributed by atoms with Gasteiger partial charge in [0.05, 0.1) is 0 Å². The summed E-state index contributed by atoms with van der Waals surface area (Å²) in [5, 5.41) is 0. The van der Waals surface area contributed by atoms with Gasteiger partial charge in [-0.3, -0.25) is 0 Å². The molecule has 0 saturated heterocycles. The second kappa shape index (κ2) is 5.96. The average Bonchev–Trinajstić information content (AvgIpc) is 2.64. The predicted molar refractivity (Wildman–Crippen MR) is 81.5 cm³/mol. The first kappa shape index (κ1) is 13.0. The van der Waals surface area contributed by atoms with E-state index in [0.29, 0.717) is 6.04 Å². The van der Waals surface area contributed by atoms with Crippen molar-refractivity contribution in [3.05, 3.63) is 29.8 Å². The number of hydrogen-bond donors (Lipinski definition) is 1. The number of anilines is 1. The summed E-state index contributed by atoms with van der Waals surface area (Å²) in [4.78, 5) is 2.64. The van der Waals surface area contributed by atoms with Gasteiger partial charge in [-0.25, -0.2) is 0 Å². The molecular formula is C17H26N2. The molecule has 0 amide bonds. The van der Waals surface area contributed by atoms with Crippen LogP contribution >= 0.6 is 0 Å². The van der Waals surface area contributed by atoms with E-state index in [0.717, 1.165) is 5.92 Å². The first-order chi connectivity index (χ1) is 9.33. The van der Waals surface area contributed by atoms with Crippen LogP contribution in [-0.2, 0) is 6.42 Å². The molecule has 1 aliphatic carbocycles. The summed E-state index contributed by atoms with van der Waals surface area (Å²) in [6, 6.07) is 9.46. The Morgan fingerprint density at radius 3 is 2.68 bits per heavy atom. The van der Waals surface area contributed by atoms with Crippen molar-refractivity contribution in [1.29, 1.82) is 0 Å². The Labute approximate surface area is 117 Å². The van der Waals surface area contributed by atoms with E-state index in [1.165, 1.54) is 63.7 Å². The van der Waals surface area contributed by atoms with Gasteiger partial charge in [-0.2, -0.15) is 0 Å². The summed E-state index contributed by atoms with van der Waals surface area (Å²) in [6.07, 6.45) is 9.01. The lowest BCUT2D eigenvalue weighted by molar-refractivity contribution is 0.327. The molecule has 3 rings (SSSR count). The minimum atomic E-state index is 0.465. The summed E-state index contributed by atoms with van der Waals surface area (Å²) < 4.78 is 0. The van der Waals surface area contributed by atoms with Crippen molar-refractivity contribution in [3.63, 3.8) is 0 Å². The van der Waals surface area contributed by atoms with Gasteiger partial charge in [0.2, 0.25) is 0 Å². The highest BCUT2D eigenvalue weighted by molar-refractivity contribution is 5.54. The number of nitrogens with zero attached hydrogens (tertiary/aromatic N) is 1. The highest BCUT2D eigenvalue weighted by Gasteiger charge is 2.22. The van der Waals surface area contributed by atoms with E-state index in [2.05, 4.69) is 29.2 Å². The molecule has 2 aliphatic rings. The third-order valence-electron chi connectivity index (χ3n) is 4.83. The Bertz CT molecular complexity index is 407. The van der Waals surface area contributed by atoms with Gasteiger partial charge in [0.15, 0.2) is 0 Å². The highest BCUT2D eigenvalue weighted by atomic mass is 15.1. The van der Waals surface area contributed by atoms with Crippen molar-refractivity contribution in [2.75, 3.05) is 18.0 Å². The van der Waals surface area contributed by atoms with Crippen LogP contribution in [0.2, 0.25) is 0 Å². The Hall–Kier alpha value is -1.02. The summed E-state index contributed by atoms with van der Waals surface area (Å²) in [5.74, 6) is 0.853. The maximum absolute atomic E-state index is 6.02. The Morgan fingerprint density at radius 2 is 1.84 bits per heavy atom.